The van der Waals surface area contributed by atoms with Crippen LogP contribution in [0.15, 0.2) is 18.2 Å². The number of nitriles is 1. The number of carboxylic acids is 1. The summed E-state index contributed by atoms with van der Waals surface area (Å²) in [4.78, 5) is 13.4. The molecule has 4 nitrogen and oxygen atoms in total. The van der Waals surface area contributed by atoms with Crippen molar-refractivity contribution in [3.63, 3.8) is 0 Å². The molecule has 2 bridgehead atoms. The Morgan fingerprint density at radius 3 is 2.89 bits per heavy atom. The maximum atomic E-state index is 11.3. The fourth-order valence-corrected chi connectivity index (χ4v) is 3.62. The van der Waals surface area contributed by atoms with E-state index < -0.39 is 5.97 Å². The highest BCUT2D eigenvalue weighted by Gasteiger charge is 2.49. The summed E-state index contributed by atoms with van der Waals surface area (Å²) >= 11 is 5.91. The molecule has 3 unspecified atom stereocenters. The first-order valence-electron chi connectivity index (χ1n) is 6.32. The summed E-state index contributed by atoms with van der Waals surface area (Å²) in [5.74, 6) is -1.05. The Hall–Kier alpha value is -1.73. The summed E-state index contributed by atoms with van der Waals surface area (Å²) in [6.45, 7) is 0. The monoisotopic (exact) mass is 276 g/mol. The van der Waals surface area contributed by atoms with Crippen molar-refractivity contribution in [2.45, 2.75) is 31.3 Å². The molecule has 3 rings (SSSR count). The number of nitrogens with zero attached hydrogens (tertiary/aromatic N) is 2. The molecule has 0 saturated carbocycles. The van der Waals surface area contributed by atoms with E-state index in [1.165, 1.54) is 0 Å². The van der Waals surface area contributed by atoms with Gasteiger partial charge in [0.15, 0.2) is 0 Å². The van der Waals surface area contributed by atoms with E-state index in [4.69, 9.17) is 11.6 Å². The minimum atomic E-state index is -0.732. The van der Waals surface area contributed by atoms with E-state index >= 15 is 0 Å². The summed E-state index contributed by atoms with van der Waals surface area (Å²) in [6, 6.07) is 7.63. The van der Waals surface area contributed by atoms with Gasteiger partial charge in [0.2, 0.25) is 0 Å². The lowest BCUT2D eigenvalue weighted by Crippen LogP contribution is -2.33. The molecule has 2 fully saturated rings. The van der Waals surface area contributed by atoms with Crippen molar-refractivity contribution >= 4 is 23.3 Å². The van der Waals surface area contributed by atoms with E-state index in [1.807, 2.05) is 6.07 Å². The number of rotatable bonds is 2. The Morgan fingerprint density at radius 1 is 1.47 bits per heavy atom. The molecule has 0 radical (unpaired) electrons. The number of carbonyl (C=O) groups is 1. The molecule has 2 heterocycles. The minimum absolute atomic E-state index is 0.00998. The Bertz CT molecular complexity index is 581. The maximum Gasteiger partial charge on any atom is 0.308 e. The number of hydrogen-bond acceptors (Lipinski definition) is 3. The van der Waals surface area contributed by atoms with Gasteiger partial charge < -0.3 is 10.0 Å². The highest BCUT2D eigenvalue weighted by molar-refractivity contribution is 6.30. The Morgan fingerprint density at radius 2 is 2.26 bits per heavy atom. The van der Waals surface area contributed by atoms with Crippen LogP contribution in [0.5, 0.6) is 0 Å². The Kier molecular flexibility index (Phi) is 2.87. The molecule has 0 aromatic heterocycles. The molecule has 2 aliphatic rings. The number of fused-ring (bicyclic) bond motifs is 2. The van der Waals surface area contributed by atoms with E-state index in [1.54, 1.807) is 12.1 Å². The molecule has 5 heteroatoms. The predicted molar refractivity (Wildman–Crippen MR) is 71.2 cm³/mol. The van der Waals surface area contributed by atoms with Gasteiger partial charge >= 0.3 is 5.97 Å². The third-order valence-corrected chi connectivity index (χ3v) is 4.45. The number of anilines is 1. The smallest absolute Gasteiger partial charge is 0.308 e. The van der Waals surface area contributed by atoms with Crippen LogP contribution < -0.4 is 4.90 Å². The van der Waals surface area contributed by atoms with E-state index in [-0.39, 0.29) is 18.0 Å². The van der Waals surface area contributed by atoms with Crippen molar-refractivity contribution in [2.75, 3.05) is 4.90 Å². The third kappa shape index (κ3) is 1.85. The van der Waals surface area contributed by atoms with Crippen LogP contribution in [0.3, 0.4) is 0 Å². The van der Waals surface area contributed by atoms with Crippen LogP contribution in [0.25, 0.3) is 0 Å². The molecule has 3 atom stereocenters. The molecule has 1 aromatic carbocycles. The van der Waals surface area contributed by atoms with Crippen LogP contribution in [0, 0.1) is 17.2 Å². The summed E-state index contributed by atoms with van der Waals surface area (Å²) in [7, 11) is 0. The number of halogens is 1. The fourth-order valence-electron chi connectivity index (χ4n) is 3.45. The second kappa shape index (κ2) is 4.43. The highest BCUT2D eigenvalue weighted by atomic mass is 35.5. The zero-order chi connectivity index (χ0) is 13.6. The van der Waals surface area contributed by atoms with E-state index in [0.29, 0.717) is 17.0 Å². The van der Waals surface area contributed by atoms with Crippen molar-refractivity contribution in [3.8, 4) is 6.07 Å². The Balaban J connectivity index is 2.00. The van der Waals surface area contributed by atoms with Crippen LogP contribution in [-0.4, -0.2) is 23.2 Å². The van der Waals surface area contributed by atoms with E-state index in [9.17, 15) is 15.2 Å². The molecule has 1 aromatic rings. The first-order valence-corrected chi connectivity index (χ1v) is 6.70. The molecule has 2 saturated heterocycles. The van der Waals surface area contributed by atoms with Crippen molar-refractivity contribution in [3.05, 3.63) is 28.8 Å². The number of benzene rings is 1. The molecule has 2 aliphatic heterocycles. The third-order valence-electron chi connectivity index (χ3n) is 4.21. The van der Waals surface area contributed by atoms with Crippen LogP contribution in [-0.2, 0) is 4.79 Å². The van der Waals surface area contributed by atoms with Gasteiger partial charge in [0.1, 0.15) is 6.07 Å². The van der Waals surface area contributed by atoms with Gasteiger partial charge in [-0.2, -0.15) is 5.26 Å². The normalized spacial score (nSPS) is 28.4. The maximum absolute atomic E-state index is 11.3. The summed E-state index contributed by atoms with van der Waals surface area (Å²) in [5.41, 5.74) is 1.35. The number of hydrogen-bond donors (Lipinski definition) is 1. The zero-order valence-electron chi connectivity index (χ0n) is 10.2. The lowest BCUT2D eigenvalue weighted by molar-refractivity contribution is -0.142. The molecule has 1 N–H and O–H groups in total. The molecule has 19 heavy (non-hydrogen) atoms. The number of carboxylic acid groups (broad SMARTS) is 1. The fraction of sp³-hybridized carbons (Fsp3) is 0.429. The largest absolute Gasteiger partial charge is 0.481 e. The second-order valence-corrected chi connectivity index (χ2v) is 5.60. The molecular weight excluding hydrogens is 264 g/mol. The minimum Gasteiger partial charge on any atom is -0.481 e. The van der Waals surface area contributed by atoms with Gasteiger partial charge in [-0.15, -0.1) is 0 Å². The first-order chi connectivity index (χ1) is 9.11. The number of aliphatic carboxylic acids is 1. The summed E-state index contributed by atoms with van der Waals surface area (Å²) < 4.78 is 0. The topological polar surface area (TPSA) is 64.3 Å². The zero-order valence-corrected chi connectivity index (χ0v) is 11.0. The second-order valence-electron chi connectivity index (χ2n) is 5.16. The summed E-state index contributed by atoms with van der Waals surface area (Å²) in [6.07, 6.45) is 2.56. The molecule has 98 valence electrons. The highest BCUT2D eigenvalue weighted by Crippen LogP contribution is 2.45. The molecule has 0 amide bonds. The van der Waals surface area contributed by atoms with Gasteiger partial charge in [0, 0.05) is 17.1 Å². The van der Waals surface area contributed by atoms with Gasteiger partial charge in [0.25, 0.3) is 0 Å². The lowest BCUT2D eigenvalue weighted by Gasteiger charge is -2.26. The van der Waals surface area contributed by atoms with Crippen LogP contribution in [0.1, 0.15) is 24.8 Å². The van der Waals surface area contributed by atoms with Gasteiger partial charge in [-0.05, 0) is 37.5 Å². The van der Waals surface area contributed by atoms with Crippen molar-refractivity contribution < 1.29 is 9.90 Å². The quantitative estimate of drug-likeness (QED) is 0.902. The van der Waals surface area contributed by atoms with Gasteiger partial charge in [-0.3, -0.25) is 4.79 Å². The predicted octanol–water partition coefficient (Wildman–Crippen LogP) is 2.65. The average molecular weight is 277 g/mol. The van der Waals surface area contributed by atoms with Gasteiger partial charge in [-0.25, -0.2) is 0 Å². The molecular formula is C14H13ClN2O2. The SMILES string of the molecule is N#Cc1cc(Cl)ccc1N1C2CCC1C(C(=O)O)C2. The Labute approximate surface area is 116 Å². The van der Waals surface area contributed by atoms with Crippen LogP contribution in [0.4, 0.5) is 5.69 Å². The van der Waals surface area contributed by atoms with E-state index in [0.717, 1.165) is 18.5 Å². The van der Waals surface area contributed by atoms with Crippen LogP contribution >= 0.6 is 11.6 Å². The summed E-state index contributed by atoms with van der Waals surface area (Å²) in [5, 5.41) is 19.0. The lowest BCUT2D eigenvalue weighted by atomic mass is 9.89. The standard InChI is InChI=1S/C14H13ClN2O2/c15-9-1-3-12(8(5-9)7-16)17-10-2-4-13(17)11(6-10)14(18)19/h1,3,5,10-11,13H,2,4,6H2,(H,18,19). The van der Waals surface area contributed by atoms with Crippen LogP contribution in [0.2, 0.25) is 5.02 Å². The van der Waals surface area contributed by atoms with Gasteiger partial charge in [0.05, 0.1) is 17.2 Å². The van der Waals surface area contributed by atoms with Crippen molar-refractivity contribution in [1.29, 1.82) is 5.26 Å². The van der Waals surface area contributed by atoms with Gasteiger partial charge in [-0.1, -0.05) is 11.6 Å². The van der Waals surface area contributed by atoms with Crippen molar-refractivity contribution in [2.24, 2.45) is 5.92 Å². The van der Waals surface area contributed by atoms with Crippen molar-refractivity contribution in [1.82, 2.24) is 0 Å². The first kappa shape index (κ1) is 12.3. The average Bonchev–Trinajstić information content (AvgIpc) is 2.96. The molecule has 0 aliphatic carbocycles. The van der Waals surface area contributed by atoms with E-state index in [2.05, 4.69) is 11.0 Å². The molecule has 0 spiro atoms.